The second kappa shape index (κ2) is 5.65. The fourth-order valence-corrected chi connectivity index (χ4v) is 2.70. The molecule has 104 valence electrons. The Kier molecular flexibility index (Phi) is 3.72. The summed E-state index contributed by atoms with van der Waals surface area (Å²) in [5.41, 5.74) is 15.2. The lowest BCUT2D eigenvalue weighted by molar-refractivity contribution is 0.211. The van der Waals surface area contributed by atoms with Gasteiger partial charge in [-0.15, -0.1) is 0 Å². The molecular formula is C17H20N2O. The molecule has 0 saturated heterocycles. The Morgan fingerprint density at radius 3 is 2.65 bits per heavy atom. The Balaban J connectivity index is 1.78. The SMILES string of the molecule is NCC(N)CC1Cc2cc(-c3ccccc3)ccc2O1. The number of rotatable bonds is 4. The van der Waals surface area contributed by atoms with E-state index in [0.29, 0.717) is 6.54 Å². The first-order valence-electron chi connectivity index (χ1n) is 7.07. The summed E-state index contributed by atoms with van der Waals surface area (Å²) in [6, 6.07) is 16.8. The molecule has 0 fully saturated rings. The summed E-state index contributed by atoms with van der Waals surface area (Å²) < 4.78 is 5.93. The standard InChI is InChI=1S/C17H20N2O/c18-11-15(19)10-16-9-14-8-13(6-7-17(14)20-16)12-4-2-1-3-5-12/h1-8,15-16H,9-11,18-19H2. The van der Waals surface area contributed by atoms with Gasteiger partial charge in [-0.2, -0.15) is 0 Å². The first-order chi connectivity index (χ1) is 9.76. The largest absolute Gasteiger partial charge is 0.490 e. The zero-order valence-electron chi connectivity index (χ0n) is 11.5. The van der Waals surface area contributed by atoms with Gasteiger partial charge in [0.1, 0.15) is 11.9 Å². The molecule has 2 unspecified atom stereocenters. The number of hydrogen-bond acceptors (Lipinski definition) is 3. The van der Waals surface area contributed by atoms with Crippen LogP contribution in [0.2, 0.25) is 0 Å². The van der Waals surface area contributed by atoms with Crippen molar-refractivity contribution in [1.29, 1.82) is 0 Å². The van der Waals surface area contributed by atoms with E-state index < -0.39 is 0 Å². The van der Waals surface area contributed by atoms with Gasteiger partial charge in [0, 0.05) is 25.4 Å². The van der Waals surface area contributed by atoms with Crippen LogP contribution < -0.4 is 16.2 Å². The molecule has 3 rings (SSSR count). The lowest BCUT2D eigenvalue weighted by atomic mass is 9.99. The molecule has 3 nitrogen and oxygen atoms in total. The van der Waals surface area contributed by atoms with E-state index in [-0.39, 0.29) is 12.1 Å². The first-order valence-corrected chi connectivity index (χ1v) is 7.07. The van der Waals surface area contributed by atoms with Crippen molar-refractivity contribution in [2.24, 2.45) is 11.5 Å². The van der Waals surface area contributed by atoms with Gasteiger partial charge in [0.2, 0.25) is 0 Å². The predicted molar refractivity (Wildman–Crippen MR) is 81.6 cm³/mol. The molecule has 2 aromatic carbocycles. The molecule has 0 aromatic heterocycles. The van der Waals surface area contributed by atoms with Gasteiger partial charge in [0.05, 0.1) is 0 Å². The molecule has 0 aliphatic carbocycles. The van der Waals surface area contributed by atoms with E-state index in [1.807, 2.05) is 6.07 Å². The summed E-state index contributed by atoms with van der Waals surface area (Å²) in [7, 11) is 0. The molecule has 2 atom stereocenters. The summed E-state index contributed by atoms with van der Waals surface area (Å²) in [4.78, 5) is 0. The minimum absolute atomic E-state index is 0.0166. The Labute approximate surface area is 119 Å². The highest BCUT2D eigenvalue weighted by atomic mass is 16.5. The van der Waals surface area contributed by atoms with Crippen LogP contribution in [-0.4, -0.2) is 18.7 Å². The third-order valence-corrected chi connectivity index (χ3v) is 3.78. The minimum Gasteiger partial charge on any atom is -0.490 e. The van der Waals surface area contributed by atoms with Gasteiger partial charge in [-0.25, -0.2) is 0 Å². The maximum atomic E-state index is 5.93. The number of ether oxygens (including phenoxy) is 1. The van der Waals surface area contributed by atoms with Crippen molar-refractivity contribution >= 4 is 0 Å². The van der Waals surface area contributed by atoms with Crippen molar-refractivity contribution in [2.75, 3.05) is 6.54 Å². The molecule has 1 heterocycles. The smallest absolute Gasteiger partial charge is 0.123 e. The highest BCUT2D eigenvalue weighted by molar-refractivity contribution is 5.66. The van der Waals surface area contributed by atoms with Gasteiger partial charge in [-0.05, 0) is 28.8 Å². The second-order valence-corrected chi connectivity index (χ2v) is 5.36. The van der Waals surface area contributed by atoms with Crippen LogP contribution in [-0.2, 0) is 6.42 Å². The topological polar surface area (TPSA) is 61.3 Å². The average molecular weight is 268 g/mol. The maximum Gasteiger partial charge on any atom is 0.123 e. The van der Waals surface area contributed by atoms with Crippen molar-refractivity contribution in [2.45, 2.75) is 25.0 Å². The molecule has 1 aliphatic heterocycles. The van der Waals surface area contributed by atoms with E-state index in [0.717, 1.165) is 18.6 Å². The van der Waals surface area contributed by atoms with Gasteiger partial charge < -0.3 is 16.2 Å². The monoisotopic (exact) mass is 268 g/mol. The molecular weight excluding hydrogens is 248 g/mol. The van der Waals surface area contributed by atoms with Gasteiger partial charge in [-0.3, -0.25) is 0 Å². The summed E-state index contributed by atoms with van der Waals surface area (Å²) in [5.74, 6) is 0.985. The summed E-state index contributed by atoms with van der Waals surface area (Å²) >= 11 is 0. The van der Waals surface area contributed by atoms with Crippen molar-refractivity contribution in [3.8, 4) is 16.9 Å². The van der Waals surface area contributed by atoms with E-state index >= 15 is 0 Å². The van der Waals surface area contributed by atoms with Gasteiger partial charge in [0.15, 0.2) is 0 Å². The summed E-state index contributed by atoms with van der Waals surface area (Å²) in [6.07, 6.45) is 1.89. The highest BCUT2D eigenvalue weighted by Crippen LogP contribution is 2.33. The molecule has 0 amide bonds. The summed E-state index contributed by atoms with van der Waals surface area (Å²) in [6.45, 7) is 0.505. The Morgan fingerprint density at radius 1 is 1.10 bits per heavy atom. The third kappa shape index (κ3) is 2.69. The zero-order chi connectivity index (χ0) is 13.9. The minimum atomic E-state index is 0.0166. The lowest BCUT2D eigenvalue weighted by Crippen LogP contribution is -2.34. The lowest BCUT2D eigenvalue weighted by Gasteiger charge is -2.14. The number of benzene rings is 2. The van der Waals surface area contributed by atoms with Crippen molar-refractivity contribution in [3.63, 3.8) is 0 Å². The van der Waals surface area contributed by atoms with Crippen LogP contribution in [0, 0.1) is 0 Å². The van der Waals surface area contributed by atoms with Gasteiger partial charge in [0.25, 0.3) is 0 Å². The van der Waals surface area contributed by atoms with Crippen molar-refractivity contribution in [1.82, 2.24) is 0 Å². The molecule has 20 heavy (non-hydrogen) atoms. The van der Waals surface area contributed by atoms with Crippen LogP contribution in [0.5, 0.6) is 5.75 Å². The van der Waals surface area contributed by atoms with Crippen LogP contribution in [0.1, 0.15) is 12.0 Å². The number of nitrogens with two attached hydrogens (primary N) is 2. The van der Waals surface area contributed by atoms with E-state index in [9.17, 15) is 0 Å². The second-order valence-electron chi connectivity index (χ2n) is 5.36. The van der Waals surface area contributed by atoms with Crippen molar-refractivity contribution < 1.29 is 4.74 Å². The van der Waals surface area contributed by atoms with Crippen LogP contribution in [0.15, 0.2) is 48.5 Å². The molecule has 0 bridgehead atoms. The van der Waals surface area contributed by atoms with Gasteiger partial charge in [-0.1, -0.05) is 36.4 Å². The van der Waals surface area contributed by atoms with Crippen LogP contribution in [0.25, 0.3) is 11.1 Å². The third-order valence-electron chi connectivity index (χ3n) is 3.78. The van der Waals surface area contributed by atoms with E-state index in [1.54, 1.807) is 0 Å². The molecule has 3 heteroatoms. The van der Waals surface area contributed by atoms with Crippen LogP contribution in [0.4, 0.5) is 0 Å². The number of hydrogen-bond donors (Lipinski definition) is 2. The molecule has 0 radical (unpaired) electrons. The fraction of sp³-hybridized carbons (Fsp3) is 0.294. The Bertz CT molecular complexity index is 583. The predicted octanol–water partition coefficient (Wildman–Crippen LogP) is 2.33. The molecule has 1 aliphatic rings. The maximum absolute atomic E-state index is 5.93. The van der Waals surface area contributed by atoms with Gasteiger partial charge >= 0.3 is 0 Å². The Hall–Kier alpha value is -1.84. The quantitative estimate of drug-likeness (QED) is 0.894. The van der Waals surface area contributed by atoms with E-state index in [4.69, 9.17) is 16.2 Å². The Morgan fingerprint density at radius 2 is 1.90 bits per heavy atom. The normalized spacial score (nSPS) is 18.4. The average Bonchev–Trinajstić information content (AvgIpc) is 2.89. The molecule has 2 aromatic rings. The van der Waals surface area contributed by atoms with E-state index in [1.165, 1.54) is 16.7 Å². The van der Waals surface area contributed by atoms with Crippen LogP contribution >= 0.6 is 0 Å². The highest BCUT2D eigenvalue weighted by Gasteiger charge is 2.24. The first kappa shape index (κ1) is 13.2. The zero-order valence-corrected chi connectivity index (χ0v) is 11.5. The van der Waals surface area contributed by atoms with Crippen LogP contribution in [0.3, 0.4) is 0 Å². The fourth-order valence-electron chi connectivity index (χ4n) is 2.70. The molecule has 0 saturated carbocycles. The molecule has 4 N–H and O–H groups in total. The van der Waals surface area contributed by atoms with Crippen molar-refractivity contribution in [3.05, 3.63) is 54.1 Å². The summed E-state index contributed by atoms with van der Waals surface area (Å²) in [5, 5.41) is 0. The van der Waals surface area contributed by atoms with E-state index in [2.05, 4.69) is 42.5 Å². The number of fused-ring (bicyclic) bond motifs is 1. The molecule has 0 spiro atoms.